The van der Waals surface area contributed by atoms with Crippen LogP contribution in [0.25, 0.3) is 11.1 Å². The molecule has 1 heterocycles. The summed E-state index contributed by atoms with van der Waals surface area (Å²) in [5.41, 5.74) is -0.190. The van der Waals surface area contributed by atoms with E-state index in [1.807, 2.05) is 0 Å². The third-order valence-electron chi connectivity index (χ3n) is 4.54. The molecular formula is C20H19F4N3O4S. The molecule has 1 N–H and O–H groups in total. The summed E-state index contributed by atoms with van der Waals surface area (Å²) >= 11 is 0. The Balaban J connectivity index is 1.90. The van der Waals surface area contributed by atoms with E-state index < -0.39 is 32.6 Å². The van der Waals surface area contributed by atoms with Crippen LogP contribution in [0.15, 0.2) is 47.5 Å². The van der Waals surface area contributed by atoms with Gasteiger partial charge in [-0.25, -0.2) is 17.5 Å². The zero-order valence-corrected chi connectivity index (χ0v) is 18.0. The van der Waals surface area contributed by atoms with Crippen molar-refractivity contribution < 1.29 is 35.5 Å². The summed E-state index contributed by atoms with van der Waals surface area (Å²) in [5, 5.41) is 3.21. The fraction of sp³-hybridized carbons (Fsp3) is 0.250. The molecule has 0 bridgehead atoms. The Hall–Kier alpha value is -3.12. The second kappa shape index (κ2) is 8.79. The van der Waals surface area contributed by atoms with Gasteiger partial charge in [0.2, 0.25) is 10.0 Å². The van der Waals surface area contributed by atoms with E-state index in [0.29, 0.717) is 28.2 Å². The Morgan fingerprint density at radius 3 is 2.34 bits per heavy atom. The molecule has 172 valence electrons. The van der Waals surface area contributed by atoms with Gasteiger partial charge < -0.3 is 9.47 Å². The van der Waals surface area contributed by atoms with E-state index in [1.165, 1.54) is 45.5 Å². The maximum absolute atomic E-state index is 13.8. The van der Waals surface area contributed by atoms with Crippen LogP contribution in [0.3, 0.4) is 0 Å². The van der Waals surface area contributed by atoms with E-state index in [1.54, 1.807) is 12.1 Å². The average molecular weight is 473 g/mol. The minimum atomic E-state index is -4.93. The molecule has 0 aliphatic heterocycles. The zero-order valence-electron chi connectivity index (χ0n) is 17.2. The van der Waals surface area contributed by atoms with Crippen LogP contribution in [0, 0.1) is 5.82 Å². The van der Waals surface area contributed by atoms with Gasteiger partial charge in [0.05, 0.1) is 14.2 Å². The summed E-state index contributed by atoms with van der Waals surface area (Å²) in [6, 6.07) is 8.57. The minimum Gasteiger partial charge on any atom is -0.496 e. The first-order chi connectivity index (χ1) is 15.0. The van der Waals surface area contributed by atoms with Gasteiger partial charge in [-0.05, 0) is 29.8 Å². The van der Waals surface area contributed by atoms with Crippen LogP contribution in [0.2, 0.25) is 0 Å². The lowest BCUT2D eigenvalue weighted by Crippen LogP contribution is -2.25. The first-order valence-corrected chi connectivity index (χ1v) is 10.6. The van der Waals surface area contributed by atoms with Crippen LogP contribution in [0.4, 0.5) is 17.6 Å². The molecule has 0 spiro atoms. The quantitative estimate of drug-likeness (QED) is 0.529. The number of methoxy groups -OCH3 is 2. The molecule has 0 aliphatic rings. The topological polar surface area (TPSA) is 82.5 Å². The van der Waals surface area contributed by atoms with Crippen molar-refractivity contribution in [3.05, 3.63) is 59.7 Å². The summed E-state index contributed by atoms with van der Waals surface area (Å²) in [5.74, 6) is 0.203. The zero-order chi connectivity index (χ0) is 23.7. The van der Waals surface area contributed by atoms with Crippen molar-refractivity contribution in [1.29, 1.82) is 0 Å². The predicted molar refractivity (Wildman–Crippen MR) is 107 cm³/mol. The number of halogens is 4. The van der Waals surface area contributed by atoms with Crippen molar-refractivity contribution in [2.24, 2.45) is 7.05 Å². The van der Waals surface area contributed by atoms with Gasteiger partial charge in [-0.15, -0.1) is 0 Å². The Morgan fingerprint density at radius 1 is 1.03 bits per heavy atom. The monoisotopic (exact) mass is 473 g/mol. The minimum absolute atomic E-state index is 0.294. The molecule has 0 fully saturated rings. The number of hydrogen-bond donors (Lipinski definition) is 1. The van der Waals surface area contributed by atoms with Crippen molar-refractivity contribution in [1.82, 2.24) is 14.5 Å². The molecule has 0 unspecified atom stereocenters. The average Bonchev–Trinajstić information content (AvgIpc) is 3.15. The number of alkyl halides is 3. The van der Waals surface area contributed by atoms with E-state index in [4.69, 9.17) is 9.47 Å². The summed E-state index contributed by atoms with van der Waals surface area (Å²) in [6.45, 7) is -0.314. The van der Waals surface area contributed by atoms with Crippen LogP contribution < -0.4 is 14.2 Å². The first-order valence-electron chi connectivity index (χ1n) is 9.07. The molecule has 0 atom stereocenters. The number of aryl methyl sites for hydroxylation is 1. The molecule has 0 aliphatic carbocycles. The Bertz CT molecular complexity index is 1240. The largest absolute Gasteiger partial charge is 0.496 e. The Morgan fingerprint density at radius 2 is 1.72 bits per heavy atom. The third-order valence-corrected chi connectivity index (χ3v) is 5.94. The number of benzene rings is 2. The molecule has 12 heteroatoms. The highest BCUT2D eigenvalue weighted by Crippen LogP contribution is 2.37. The lowest BCUT2D eigenvalue weighted by Gasteiger charge is -2.14. The smallest absolute Gasteiger partial charge is 0.436 e. The highest BCUT2D eigenvalue weighted by molar-refractivity contribution is 7.89. The van der Waals surface area contributed by atoms with Crippen molar-refractivity contribution in [3.8, 4) is 22.6 Å². The summed E-state index contributed by atoms with van der Waals surface area (Å²) in [7, 11) is -0.511. The summed E-state index contributed by atoms with van der Waals surface area (Å²) in [6.07, 6.45) is -4.15. The standard InChI is InChI=1S/C20H19F4N3O4S/c1-27-11-18(19(26-27)20(22,23)24)32(28,29)25-10-12-4-6-14(17(8-12)31-3)15-9-13(21)5-7-16(15)30-2/h4-9,11,25H,10H2,1-3H3. The van der Waals surface area contributed by atoms with E-state index in [-0.39, 0.29) is 6.54 Å². The molecule has 1 aromatic heterocycles. The molecule has 32 heavy (non-hydrogen) atoms. The highest BCUT2D eigenvalue weighted by atomic mass is 32.2. The van der Waals surface area contributed by atoms with Gasteiger partial charge in [0.15, 0.2) is 5.69 Å². The maximum Gasteiger partial charge on any atom is 0.436 e. The first kappa shape index (κ1) is 23.5. The lowest BCUT2D eigenvalue weighted by molar-refractivity contribution is -0.143. The maximum atomic E-state index is 13.8. The van der Waals surface area contributed by atoms with Crippen molar-refractivity contribution in [3.63, 3.8) is 0 Å². The normalized spacial score (nSPS) is 12.1. The van der Waals surface area contributed by atoms with Crippen LogP contribution in [0.1, 0.15) is 11.3 Å². The fourth-order valence-corrected chi connectivity index (χ4v) is 4.29. The number of sulfonamides is 1. The Labute approximate surface area is 181 Å². The van der Waals surface area contributed by atoms with Crippen molar-refractivity contribution >= 4 is 10.0 Å². The van der Waals surface area contributed by atoms with Crippen molar-refractivity contribution in [2.75, 3.05) is 14.2 Å². The summed E-state index contributed by atoms with van der Waals surface area (Å²) < 4.78 is 91.6. The number of rotatable bonds is 7. The molecule has 3 aromatic rings. The van der Waals surface area contributed by atoms with Crippen LogP contribution >= 0.6 is 0 Å². The van der Waals surface area contributed by atoms with Crippen LogP contribution in [-0.4, -0.2) is 32.4 Å². The van der Waals surface area contributed by atoms with Gasteiger partial charge >= 0.3 is 6.18 Å². The number of aromatic nitrogens is 2. The second-order valence-electron chi connectivity index (χ2n) is 6.72. The van der Waals surface area contributed by atoms with E-state index in [0.717, 1.165) is 10.9 Å². The van der Waals surface area contributed by atoms with Crippen LogP contribution in [-0.2, 0) is 29.8 Å². The molecule has 2 aromatic carbocycles. The van der Waals surface area contributed by atoms with Crippen molar-refractivity contribution in [2.45, 2.75) is 17.6 Å². The third kappa shape index (κ3) is 4.86. The van der Waals surface area contributed by atoms with E-state index >= 15 is 0 Å². The lowest BCUT2D eigenvalue weighted by atomic mass is 10.0. The molecule has 0 radical (unpaired) electrons. The van der Waals surface area contributed by atoms with Gasteiger partial charge in [-0.2, -0.15) is 18.3 Å². The van der Waals surface area contributed by atoms with Gasteiger partial charge in [0.1, 0.15) is 22.2 Å². The molecule has 0 amide bonds. The van der Waals surface area contributed by atoms with Gasteiger partial charge in [-0.3, -0.25) is 4.68 Å². The second-order valence-corrected chi connectivity index (χ2v) is 8.45. The predicted octanol–water partition coefficient (Wildman–Crippen LogP) is 3.74. The number of hydrogen-bond acceptors (Lipinski definition) is 5. The molecule has 3 rings (SSSR count). The van der Waals surface area contributed by atoms with Crippen LogP contribution in [0.5, 0.6) is 11.5 Å². The summed E-state index contributed by atoms with van der Waals surface area (Å²) in [4.78, 5) is -0.972. The van der Waals surface area contributed by atoms with E-state index in [2.05, 4.69) is 9.82 Å². The molecule has 7 nitrogen and oxygen atoms in total. The van der Waals surface area contributed by atoms with E-state index in [9.17, 15) is 26.0 Å². The van der Waals surface area contributed by atoms with Gasteiger partial charge in [-0.1, -0.05) is 12.1 Å². The molecule has 0 saturated heterocycles. The SMILES string of the molecule is COc1cc(CNS(=O)(=O)c2cn(C)nc2C(F)(F)F)ccc1-c1cc(F)ccc1OC. The Kier molecular flexibility index (Phi) is 6.46. The number of ether oxygens (including phenoxy) is 2. The van der Waals surface area contributed by atoms with Gasteiger partial charge in [0, 0.05) is 30.9 Å². The highest BCUT2D eigenvalue weighted by Gasteiger charge is 2.40. The number of nitrogens with zero attached hydrogens (tertiary/aromatic N) is 2. The molecule has 0 saturated carbocycles. The van der Waals surface area contributed by atoms with Gasteiger partial charge in [0.25, 0.3) is 0 Å². The molecular weight excluding hydrogens is 454 g/mol. The fourth-order valence-electron chi connectivity index (χ4n) is 3.07. The number of nitrogens with one attached hydrogen (secondary N) is 1.